The van der Waals surface area contributed by atoms with Gasteiger partial charge in [-0.1, -0.05) is 10.9 Å². The molecular formula is C12H18N4OS. The number of nitrogens with zero attached hydrogens (tertiary/aromatic N) is 2. The third-order valence-corrected chi connectivity index (χ3v) is 4.77. The van der Waals surface area contributed by atoms with E-state index in [0.717, 1.165) is 12.8 Å². The zero-order valence-electron chi connectivity index (χ0n) is 10.2. The summed E-state index contributed by atoms with van der Waals surface area (Å²) in [5.74, 6) is 1.01. The predicted molar refractivity (Wildman–Crippen MR) is 69.2 cm³/mol. The minimum absolute atomic E-state index is 0.0823. The van der Waals surface area contributed by atoms with Crippen LogP contribution in [0.1, 0.15) is 42.6 Å². The highest BCUT2D eigenvalue weighted by atomic mass is 32.1. The van der Waals surface area contributed by atoms with E-state index in [2.05, 4.69) is 14.9 Å². The van der Waals surface area contributed by atoms with Crippen LogP contribution in [0.4, 0.5) is 0 Å². The summed E-state index contributed by atoms with van der Waals surface area (Å²) in [5, 5.41) is 8.67. The van der Waals surface area contributed by atoms with Crippen LogP contribution in [0.25, 0.3) is 0 Å². The van der Waals surface area contributed by atoms with Crippen molar-refractivity contribution >= 4 is 17.4 Å². The SMILES string of the molecule is NC1CC2CCCC(C1)C2NC(=O)c1csnn1. The molecule has 6 heteroatoms. The first-order valence-electron chi connectivity index (χ1n) is 6.57. The molecule has 1 aromatic rings. The minimum atomic E-state index is -0.0823. The van der Waals surface area contributed by atoms with Gasteiger partial charge in [-0.3, -0.25) is 4.79 Å². The van der Waals surface area contributed by atoms with Gasteiger partial charge in [0.1, 0.15) is 0 Å². The number of aromatic nitrogens is 2. The van der Waals surface area contributed by atoms with Crippen LogP contribution in [0.5, 0.6) is 0 Å². The molecule has 2 aliphatic carbocycles. The van der Waals surface area contributed by atoms with Crippen LogP contribution in [0.15, 0.2) is 5.38 Å². The van der Waals surface area contributed by atoms with Crippen molar-refractivity contribution in [3.05, 3.63) is 11.1 Å². The summed E-state index contributed by atoms with van der Waals surface area (Å²) < 4.78 is 3.73. The molecule has 0 aliphatic heterocycles. The number of nitrogens with two attached hydrogens (primary N) is 1. The Bertz CT molecular complexity index is 408. The van der Waals surface area contributed by atoms with Gasteiger partial charge in [-0.25, -0.2) is 0 Å². The second kappa shape index (κ2) is 4.93. The van der Waals surface area contributed by atoms with Gasteiger partial charge in [0.25, 0.3) is 5.91 Å². The lowest BCUT2D eigenvalue weighted by molar-refractivity contribution is 0.0751. The molecule has 2 atom stereocenters. The van der Waals surface area contributed by atoms with Crippen LogP contribution in [-0.4, -0.2) is 27.6 Å². The average molecular weight is 266 g/mol. The second-order valence-corrected chi connectivity index (χ2v) is 6.08. The number of hydrogen-bond acceptors (Lipinski definition) is 5. The van der Waals surface area contributed by atoms with Gasteiger partial charge in [-0.05, 0) is 49.1 Å². The summed E-state index contributed by atoms with van der Waals surface area (Å²) in [4.78, 5) is 12.0. The van der Waals surface area contributed by atoms with Crippen LogP contribution in [0, 0.1) is 11.8 Å². The third-order valence-electron chi connectivity index (χ3n) is 4.27. The van der Waals surface area contributed by atoms with Crippen molar-refractivity contribution in [3.8, 4) is 0 Å². The smallest absolute Gasteiger partial charge is 0.272 e. The van der Waals surface area contributed by atoms with E-state index in [1.54, 1.807) is 5.38 Å². The Balaban J connectivity index is 1.70. The van der Waals surface area contributed by atoms with Gasteiger partial charge < -0.3 is 11.1 Å². The number of amides is 1. The molecule has 1 aromatic heterocycles. The number of rotatable bonds is 2. The zero-order chi connectivity index (χ0) is 12.5. The Hall–Kier alpha value is -1.01. The molecule has 1 heterocycles. The van der Waals surface area contributed by atoms with Gasteiger partial charge in [0.2, 0.25) is 0 Å². The van der Waals surface area contributed by atoms with E-state index in [1.807, 2.05) is 0 Å². The van der Waals surface area contributed by atoms with Gasteiger partial charge in [0.15, 0.2) is 5.69 Å². The number of fused-ring (bicyclic) bond motifs is 2. The lowest BCUT2D eigenvalue weighted by Crippen LogP contribution is -2.53. The quantitative estimate of drug-likeness (QED) is 0.842. The summed E-state index contributed by atoms with van der Waals surface area (Å²) in [6.45, 7) is 0. The van der Waals surface area contributed by atoms with Crippen molar-refractivity contribution < 1.29 is 4.79 Å². The van der Waals surface area contributed by atoms with E-state index in [1.165, 1.54) is 30.8 Å². The standard InChI is InChI=1S/C12H18N4OS/c13-9-4-7-2-1-3-8(5-9)11(7)14-12(17)10-6-18-16-15-10/h6-9,11H,1-5,13H2,(H,14,17). The van der Waals surface area contributed by atoms with Crippen LogP contribution < -0.4 is 11.1 Å². The monoisotopic (exact) mass is 266 g/mol. The van der Waals surface area contributed by atoms with Crippen molar-refractivity contribution in [1.82, 2.24) is 14.9 Å². The van der Waals surface area contributed by atoms with Crippen LogP contribution in [0.3, 0.4) is 0 Å². The van der Waals surface area contributed by atoms with Crippen molar-refractivity contribution in [1.29, 1.82) is 0 Å². The molecule has 0 saturated heterocycles. The maximum Gasteiger partial charge on any atom is 0.272 e. The van der Waals surface area contributed by atoms with Gasteiger partial charge in [-0.15, -0.1) is 5.10 Å². The highest BCUT2D eigenvalue weighted by Crippen LogP contribution is 2.39. The molecule has 2 aliphatic rings. The van der Waals surface area contributed by atoms with Gasteiger partial charge in [0, 0.05) is 17.5 Å². The largest absolute Gasteiger partial charge is 0.347 e. The molecular weight excluding hydrogens is 248 g/mol. The van der Waals surface area contributed by atoms with Crippen molar-refractivity contribution in [3.63, 3.8) is 0 Å². The average Bonchev–Trinajstić information content (AvgIpc) is 2.83. The summed E-state index contributed by atoms with van der Waals surface area (Å²) in [5.41, 5.74) is 6.52. The van der Waals surface area contributed by atoms with Crippen molar-refractivity contribution in [2.45, 2.75) is 44.2 Å². The lowest BCUT2D eigenvalue weighted by Gasteiger charge is -2.45. The minimum Gasteiger partial charge on any atom is -0.347 e. The summed E-state index contributed by atoms with van der Waals surface area (Å²) in [6, 6.07) is 0.599. The fourth-order valence-corrected chi connectivity index (χ4v) is 3.95. The Morgan fingerprint density at radius 3 is 2.72 bits per heavy atom. The summed E-state index contributed by atoms with van der Waals surface area (Å²) in [6.07, 6.45) is 5.72. The molecule has 2 fully saturated rings. The molecule has 18 heavy (non-hydrogen) atoms. The molecule has 3 rings (SSSR count). The maximum atomic E-state index is 12.0. The predicted octanol–water partition coefficient (Wildman–Crippen LogP) is 1.17. The van der Waals surface area contributed by atoms with Crippen LogP contribution in [0.2, 0.25) is 0 Å². The molecule has 2 saturated carbocycles. The molecule has 5 nitrogen and oxygen atoms in total. The molecule has 1 amide bonds. The summed E-state index contributed by atoms with van der Waals surface area (Å²) >= 11 is 1.21. The van der Waals surface area contributed by atoms with E-state index in [4.69, 9.17) is 5.73 Å². The number of hydrogen-bond donors (Lipinski definition) is 2. The summed E-state index contributed by atoms with van der Waals surface area (Å²) in [7, 11) is 0. The molecule has 0 spiro atoms. The Kier molecular flexibility index (Phi) is 3.30. The van der Waals surface area contributed by atoms with E-state index in [9.17, 15) is 4.79 Å². The molecule has 2 unspecified atom stereocenters. The van der Waals surface area contributed by atoms with Crippen molar-refractivity contribution in [2.24, 2.45) is 17.6 Å². The molecule has 2 bridgehead atoms. The van der Waals surface area contributed by atoms with Gasteiger partial charge in [0.05, 0.1) is 0 Å². The molecule has 0 aromatic carbocycles. The van der Waals surface area contributed by atoms with Gasteiger partial charge in [-0.2, -0.15) is 0 Å². The first-order chi connectivity index (χ1) is 8.74. The van der Waals surface area contributed by atoms with Crippen LogP contribution in [-0.2, 0) is 0 Å². The van der Waals surface area contributed by atoms with E-state index >= 15 is 0 Å². The second-order valence-electron chi connectivity index (χ2n) is 5.47. The lowest BCUT2D eigenvalue weighted by atomic mass is 9.67. The first-order valence-corrected chi connectivity index (χ1v) is 7.41. The molecule has 98 valence electrons. The highest BCUT2D eigenvalue weighted by Gasteiger charge is 2.40. The fraction of sp³-hybridized carbons (Fsp3) is 0.750. The Morgan fingerprint density at radius 2 is 2.11 bits per heavy atom. The number of carbonyl (C=O) groups is 1. The maximum absolute atomic E-state index is 12.0. The fourth-order valence-electron chi connectivity index (χ4n) is 3.51. The van der Waals surface area contributed by atoms with Gasteiger partial charge >= 0.3 is 0 Å². The Morgan fingerprint density at radius 1 is 1.39 bits per heavy atom. The zero-order valence-corrected chi connectivity index (χ0v) is 11.0. The van der Waals surface area contributed by atoms with E-state index in [-0.39, 0.29) is 11.9 Å². The topological polar surface area (TPSA) is 80.9 Å². The number of nitrogens with one attached hydrogen (secondary N) is 1. The Labute approximate surface area is 110 Å². The highest BCUT2D eigenvalue weighted by molar-refractivity contribution is 7.03. The van der Waals surface area contributed by atoms with E-state index in [0.29, 0.717) is 23.6 Å². The molecule has 0 radical (unpaired) electrons. The van der Waals surface area contributed by atoms with Crippen LogP contribution >= 0.6 is 11.5 Å². The van der Waals surface area contributed by atoms with Crippen molar-refractivity contribution in [2.75, 3.05) is 0 Å². The molecule has 3 N–H and O–H groups in total. The van der Waals surface area contributed by atoms with E-state index < -0.39 is 0 Å². The third kappa shape index (κ3) is 2.27. The normalized spacial score (nSPS) is 35.2. The first kappa shape index (κ1) is 12.0. The number of carbonyl (C=O) groups excluding carboxylic acids is 1.